The summed E-state index contributed by atoms with van der Waals surface area (Å²) < 4.78 is 17.4. The molecule has 1 unspecified atom stereocenters. The van der Waals surface area contributed by atoms with Gasteiger partial charge in [0.2, 0.25) is 0 Å². The van der Waals surface area contributed by atoms with Crippen molar-refractivity contribution in [2.45, 2.75) is 12.7 Å². The van der Waals surface area contributed by atoms with E-state index in [9.17, 15) is 9.90 Å². The van der Waals surface area contributed by atoms with Gasteiger partial charge in [0.25, 0.3) is 5.91 Å². The lowest BCUT2D eigenvalue weighted by Gasteiger charge is -2.17. The Hall–Kier alpha value is -3.03. The molecule has 0 saturated carbocycles. The number of amides is 1. The second-order valence-corrected chi connectivity index (χ2v) is 7.56. The molecular formula is C24H24BrNO5. The fraction of sp³-hybridized carbons (Fsp3) is 0.208. The van der Waals surface area contributed by atoms with Crippen molar-refractivity contribution in [1.82, 2.24) is 5.32 Å². The van der Waals surface area contributed by atoms with Crippen LogP contribution in [0.1, 0.15) is 27.6 Å². The fourth-order valence-corrected chi connectivity index (χ4v) is 3.44. The van der Waals surface area contributed by atoms with Crippen molar-refractivity contribution in [3.8, 4) is 17.2 Å². The number of nitrogens with one attached hydrogen (secondary N) is 1. The van der Waals surface area contributed by atoms with Crippen molar-refractivity contribution < 1.29 is 24.1 Å². The van der Waals surface area contributed by atoms with Crippen LogP contribution in [0.4, 0.5) is 0 Å². The first kappa shape index (κ1) is 22.7. The Balaban J connectivity index is 1.68. The molecule has 0 bridgehead atoms. The summed E-state index contributed by atoms with van der Waals surface area (Å²) in [5.74, 6) is 1.22. The Morgan fingerprint density at radius 1 is 1.00 bits per heavy atom. The lowest BCUT2D eigenvalue weighted by molar-refractivity contribution is 0.0910. The van der Waals surface area contributed by atoms with Gasteiger partial charge in [-0.1, -0.05) is 46.3 Å². The minimum atomic E-state index is -0.970. The minimum absolute atomic E-state index is 0.000921. The second-order valence-electron chi connectivity index (χ2n) is 6.71. The molecule has 0 saturated heterocycles. The normalized spacial score (nSPS) is 11.5. The zero-order valence-electron chi connectivity index (χ0n) is 17.3. The number of methoxy groups -OCH3 is 2. The van der Waals surface area contributed by atoms with Gasteiger partial charge in [-0.05, 0) is 36.4 Å². The summed E-state index contributed by atoms with van der Waals surface area (Å²) >= 11 is 3.50. The first-order valence-corrected chi connectivity index (χ1v) is 10.5. The molecule has 1 atom stereocenters. The maximum atomic E-state index is 12.8. The van der Waals surface area contributed by atoms with E-state index in [4.69, 9.17) is 14.2 Å². The van der Waals surface area contributed by atoms with Crippen molar-refractivity contribution >= 4 is 21.8 Å². The monoisotopic (exact) mass is 485 g/mol. The molecule has 3 aromatic rings. The molecule has 0 spiro atoms. The third kappa shape index (κ3) is 5.77. The molecule has 162 valence electrons. The molecule has 0 heterocycles. The number of benzene rings is 3. The molecular weight excluding hydrogens is 462 g/mol. The number of carbonyl (C=O) groups is 1. The van der Waals surface area contributed by atoms with Crippen LogP contribution in [0.3, 0.4) is 0 Å². The van der Waals surface area contributed by atoms with Gasteiger partial charge in [-0.15, -0.1) is 0 Å². The summed E-state index contributed by atoms with van der Waals surface area (Å²) in [5, 5.41) is 13.4. The van der Waals surface area contributed by atoms with Gasteiger partial charge in [0, 0.05) is 22.1 Å². The molecule has 0 radical (unpaired) electrons. The summed E-state index contributed by atoms with van der Waals surface area (Å²) in [6, 6.07) is 19.9. The molecule has 0 aromatic heterocycles. The predicted octanol–water partition coefficient (Wildman–Crippen LogP) is 4.51. The number of ether oxygens (including phenoxy) is 3. The molecule has 7 heteroatoms. The van der Waals surface area contributed by atoms with E-state index in [-0.39, 0.29) is 12.5 Å². The van der Waals surface area contributed by atoms with Crippen LogP contribution < -0.4 is 19.5 Å². The standard InChI is InChI=1S/C24H24BrNO5/c1-29-17-11-12-22(30-2)19(13-17)21(27)14-26-24(28)18-8-4-6-10-23(18)31-15-16-7-3-5-9-20(16)25/h3-13,21,27H,14-15H2,1-2H3,(H,26,28). The molecule has 31 heavy (non-hydrogen) atoms. The third-order valence-electron chi connectivity index (χ3n) is 4.72. The molecule has 3 aromatic carbocycles. The van der Waals surface area contributed by atoms with Crippen molar-refractivity contribution in [2.75, 3.05) is 20.8 Å². The van der Waals surface area contributed by atoms with Crippen LogP contribution in [0, 0.1) is 0 Å². The number of carbonyl (C=O) groups excluding carboxylic acids is 1. The first-order chi connectivity index (χ1) is 15.0. The Morgan fingerprint density at radius 2 is 1.74 bits per heavy atom. The van der Waals surface area contributed by atoms with E-state index in [2.05, 4.69) is 21.2 Å². The zero-order chi connectivity index (χ0) is 22.2. The highest BCUT2D eigenvalue weighted by molar-refractivity contribution is 9.10. The van der Waals surface area contributed by atoms with Gasteiger partial charge in [-0.3, -0.25) is 4.79 Å². The molecule has 0 aliphatic rings. The summed E-state index contributed by atoms with van der Waals surface area (Å²) in [6.07, 6.45) is -0.970. The van der Waals surface area contributed by atoms with E-state index < -0.39 is 6.10 Å². The van der Waals surface area contributed by atoms with E-state index >= 15 is 0 Å². The average Bonchev–Trinajstić information content (AvgIpc) is 2.81. The molecule has 0 aliphatic heterocycles. The van der Waals surface area contributed by atoms with E-state index in [1.807, 2.05) is 30.3 Å². The smallest absolute Gasteiger partial charge is 0.255 e. The highest BCUT2D eigenvalue weighted by Crippen LogP contribution is 2.29. The molecule has 6 nitrogen and oxygen atoms in total. The largest absolute Gasteiger partial charge is 0.497 e. The van der Waals surface area contributed by atoms with E-state index in [1.165, 1.54) is 7.11 Å². The maximum Gasteiger partial charge on any atom is 0.255 e. The molecule has 0 fully saturated rings. The minimum Gasteiger partial charge on any atom is -0.497 e. The number of aliphatic hydroxyl groups is 1. The van der Waals surface area contributed by atoms with E-state index in [0.29, 0.717) is 35.0 Å². The molecule has 0 aliphatic carbocycles. The Bertz CT molecular complexity index is 1040. The topological polar surface area (TPSA) is 77.0 Å². The van der Waals surface area contributed by atoms with Crippen molar-refractivity contribution in [3.63, 3.8) is 0 Å². The zero-order valence-corrected chi connectivity index (χ0v) is 18.9. The lowest BCUT2D eigenvalue weighted by Crippen LogP contribution is -2.29. The van der Waals surface area contributed by atoms with Gasteiger partial charge in [0.05, 0.1) is 19.8 Å². The Labute approximate surface area is 189 Å². The van der Waals surface area contributed by atoms with Gasteiger partial charge in [-0.25, -0.2) is 0 Å². The van der Waals surface area contributed by atoms with Crippen LogP contribution in [-0.4, -0.2) is 31.8 Å². The fourth-order valence-electron chi connectivity index (χ4n) is 3.05. The molecule has 3 rings (SSSR count). The maximum absolute atomic E-state index is 12.8. The number of rotatable bonds is 9. The summed E-state index contributed by atoms with van der Waals surface area (Å²) in [5.41, 5.74) is 1.89. The summed E-state index contributed by atoms with van der Waals surface area (Å²) in [4.78, 5) is 12.8. The Morgan fingerprint density at radius 3 is 2.48 bits per heavy atom. The van der Waals surface area contributed by atoms with Gasteiger partial charge < -0.3 is 24.6 Å². The number of aliphatic hydroxyl groups excluding tert-OH is 1. The average molecular weight is 486 g/mol. The summed E-state index contributed by atoms with van der Waals surface area (Å²) in [7, 11) is 3.07. The van der Waals surface area contributed by atoms with Gasteiger partial charge >= 0.3 is 0 Å². The highest BCUT2D eigenvalue weighted by atomic mass is 79.9. The van der Waals surface area contributed by atoms with Crippen LogP contribution >= 0.6 is 15.9 Å². The number of halogens is 1. The van der Waals surface area contributed by atoms with Gasteiger partial charge in [0.15, 0.2) is 0 Å². The summed E-state index contributed by atoms with van der Waals surface area (Å²) in [6.45, 7) is 0.316. The van der Waals surface area contributed by atoms with Crippen LogP contribution in [0.25, 0.3) is 0 Å². The predicted molar refractivity (Wildman–Crippen MR) is 122 cm³/mol. The lowest BCUT2D eigenvalue weighted by atomic mass is 10.1. The van der Waals surface area contributed by atoms with Crippen LogP contribution in [0.15, 0.2) is 71.2 Å². The van der Waals surface area contributed by atoms with E-state index in [0.717, 1.165) is 10.0 Å². The molecule has 2 N–H and O–H groups in total. The van der Waals surface area contributed by atoms with Crippen LogP contribution in [0.2, 0.25) is 0 Å². The SMILES string of the molecule is COc1ccc(OC)c(C(O)CNC(=O)c2ccccc2OCc2ccccc2Br)c1. The van der Waals surface area contributed by atoms with Crippen LogP contribution in [-0.2, 0) is 6.61 Å². The Kier molecular flexibility index (Phi) is 7.92. The number of hydrogen-bond donors (Lipinski definition) is 2. The quantitative estimate of drug-likeness (QED) is 0.466. The first-order valence-electron chi connectivity index (χ1n) is 9.67. The second kappa shape index (κ2) is 10.8. The molecule has 1 amide bonds. The van der Waals surface area contributed by atoms with Crippen molar-refractivity contribution in [1.29, 1.82) is 0 Å². The van der Waals surface area contributed by atoms with E-state index in [1.54, 1.807) is 43.5 Å². The van der Waals surface area contributed by atoms with Crippen LogP contribution in [0.5, 0.6) is 17.2 Å². The van der Waals surface area contributed by atoms with Crippen molar-refractivity contribution in [3.05, 3.63) is 87.9 Å². The van der Waals surface area contributed by atoms with Gasteiger partial charge in [-0.2, -0.15) is 0 Å². The van der Waals surface area contributed by atoms with Gasteiger partial charge in [0.1, 0.15) is 30.0 Å². The van der Waals surface area contributed by atoms with Crippen molar-refractivity contribution in [2.24, 2.45) is 0 Å². The third-order valence-corrected chi connectivity index (χ3v) is 5.50. The highest BCUT2D eigenvalue weighted by Gasteiger charge is 2.18. The number of hydrogen-bond acceptors (Lipinski definition) is 5. The number of para-hydroxylation sites is 1.